The van der Waals surface area contributed by atoms with E-state index in [0.717, 1.165) is 16.8 Å². The molecule has 1 saturated heterocycles. The summed E-state index contributed by atoms with van der Waals surface area (Å²) in [5, 5.41) is 7.17. The number of nitrogens with zero attached hydrogens (tertiary/aromatic N) is 5. The molecule has 6 rings (SSSR count). The van der Waals surface area contributed by atoms with Gasteiger partial charge in [-0.3, -0.25) is 14.6 Å². The molecule has 1 N–H and O–H groups in total. The molecular formula is C23H18N6O2. The standard InChI is InChI=1S/C23H18N6O2/c30-21(16-7-8-19-25-14-26-29(19)13-16)28-11-9-23(20(28)15-4-3-10-24-12-15)17-5-1-2-6-18(17)27-22(23)31/h1-8,10,12-14,20H,9,11H2,(H,27,31). The normalized spacial score (nSPS) is 22.1. The molecule has 4 aromatic rings. The summed E-state index contributed by atoms with van der Waals surface area (Å²) in [4.78, 5) is 37.3. The summed E-state index contributed by atoms with van der Waals surface area (Å²) in [6.45, 7) is 0.454. The lowest BCUT2D eigenvalue weighted by Crippen LogP contribution is -2.42. The minimum absolute atomic E-state index is 0.0791. The molecule has 5 heterocycles. The van der Waals surface area contributed by atoms with Gasteiger partial charge in [0.1, 0.15) is 11.7 Å². The van der Waals surface area contributed by atoms with Crippen molar-refractivity contribution in [1.82, 2.24) is 24.5 Å². The molecule has 3 aromatic heterocycles. The van der Waals surface area contributed by atoms with Crippen LogP contribution in [0, 0.1) is 0 Å². The van der Waals surface area contributed by atoms with E-state index in [-0.39, 0.29) is 11.8 Å². The van der Waals surface area contributed by atoms with E-state index in [0.29, 0.717) is 24.2 Å². The SMILES string of the molecule is O=C(c1ccc2ncnn2c1)N1CCC2(C(=O)Nc3ccccc32)C1c1cccnc1. The number of para-hydroxylation sites is 1. The van der Waals surface area contributed by atoms with Gasteiger partial charge in [0.15, 0.2) is 5.65 Å². The molecule has 1 aromatic carbocycles. The molecule has 1 spiro atoms. The Morgan fingerprint density at radius 2 is 2.03 bits per heavy atom. The third-order valence-corrected chi connectivity index (χ3v) is 6.37. The number of benzene rings is 1. The number of amides is 2. The summed E-state index contributed by atoms with van der Waals surface area (Å²) in [7, 11) is 0. The lowest BCUT2D eigenvalue weighted by molar-refractivity contribution is -0.121. The first-order chi connectivity index (χ1) is 15.2. The van der Waals surface area contributed by atoms with Gasteiger partial charge in [0.25, 0.3) is 5.91 Å². The Kier molecular flexibility index (Phi) is 3.70. The Hall–Kier alpha value is -4.07. The first kappa shape index (κ1) is 17.8. The maximum absolute atomic E-state index is 13.7. The van der Waals surface area contributed by atoms with Crippen LogP contribution in [-0.2, 0) is 10.2 Å². The van der Waals surface area contributed by atoms with Crippen LogP contribution in [0.15, 0.2) is 73.4 Å². The van der Waals surface area contributed by atoms with Crippen LogP contribution in [0.25, 0.3) is 5.65 Å². The van der Waals surface area contributed by atoms with Crippen molar-refractivity contribution in [3.05, 3.63) is 90.1 Å². The predicted octanol–water partition coefficient (Wildman–Crippen LogP) is 2.60. The third kappa shape index (κ3) is 2.44. The van der Waals surface area contributed by atoms with Gasteiger partial charge in [-0.2, -0.15) is 5.10 Å². The summed E-state index contributed by atoms with van der Waals surface area (Å²) >= 11 is 0. The molecule has 2 atom stereocenters. The Labute approximate surface area is 177 Å². The molecule has 0 radical (unpaired) electrons. The van der Waals surface area contributed by atoms with E-state index in [1.807, 2.05) is 36.4 Å². The van der Waals surface area contributed by atoms with Crippen LogP contribution in [-0.4, -0.2) is 42.8 Å². The lowest BCUT2D eigenvalue weighted by Gasteiger charge is -2.34. The molecule has 2 unspecified atom stereocenters. The first-order valence-electron chi connectivity index (χ1n) is 10.1. The number of carbonyl (C=O) groups excluding carboxylic acids is 2. The predicted molar refractivity (Wildman–Crippen MR) is 112 cm³/mol. The zero-order valence-electron chi connectivity index (χ0n) is 16.5. The van der Waals surface area contributed by atoms with Crippen molar-refractivity contribution in [3.8, 4) is 0 Å². The smallest absolute Gasteiger partial charge is 0.255 e. The fourth-order valence-electron chi connectivity index (χ4n) is 5.02. The molecule has 2 aliphatic rings. The molecule has 8 nitrogen and oxygen atoms in total. The monoisotopic (exact) mass is 410 g/mol. The van der Waals surface area contributed by atoms with E-state index in [9.17, 15) is 9.59 Å². The van der Waals surface area contributed by atoms with Crippen LogP contribution in [0.2, 0.25) is 0 Å². The highest BCUT2D eigenvalue weighted by Crippen LogP contribution is 2.54. The van der Waals surface area contributed by atoms with E-state index >= 15 is 0 Å². The Morgan fingerprint density at radius 3 is 2.90 bits per heavy atom. The van der Waals surface area contributed by atoms with Gasteiger partial charge in [0.2, 0.25) is 5.91 Å². The summed E-state index contributed by atoms with van der Waals surface area (Å²) in [6, 6.07) is 14.5. The van der Waals surface area contributed by atoms with Crippen molar-refractivity contribution in [2.75, 3.05) is 11.9 Å². The number of nitrogens with one attached hydrogen (secondary N) is 1. The van der Waals surface area contributed by atoms with Crippen molar-refractivity contribution in [3.63, 3.8) is 0 Å². The molecule has 2 aliphatic heterocycles. The highest BCUT2D eigenvalue weighted by Gasteiger charge is 2.59. The highest BCUT2D eigenvalue weighted by molar-refractivity contribution is 6.08. The van der Waals surface area contributed by atoms with Gasteiger partial charge in [-0.25, -0.2) is 9.50 Å². The molecule has 0 saturated carbocycles. The Bertz CT molecular complexity index is 1330. The number of rotatable bonds is 2. The third-order valence-electron chi connectivity index (χ3n) is 6.37. The van der Waals surface area contributed by atoms with Gasteiger partial charge in [-0.1, -0.05) is 24.3 Å². The minimum Gasteiger partial charge on any atom is -0.330 e. The second kappa shape index (κ2) is 6.46. The highest BCUT2D eigenvalue weighted by atomic mass is 16.2. The summed E-state index contributed by atoms with van der Waals surface area (Å²) in [5.41, 5.74) is 2.88. The van der Waals surface area contributed by atoms with Crippen LogP contribution in [0.4, 0.5) is 5.69 Å². The summed E-state index contributed by atoms with van der Waals surface area (Å²) < 4.78 is 1.58. The summed E-state index contributed by atoms with van der Waals surface area (Å²) in [6.07, 6.45) is 7.10. The second-order valence-corrected chi connectivity index (χ2v) is 7.89. The first-order valence-corrected chi connectivity index (χ1v) is 10.1. The van der Waals surface area contributed by atoms with E-state index in [1.54, 1.807) is 40.1 Å². The minimum atomic E-state index is -0.855. The van der Waals surface area contributed by atoms with E-state index < -0.39 is 11.5 Å². The number of hydrogen-bond donors (Lipinski definition) is 1. The number of hydrogen-bond acceptors (Lipinski definition) is 5. The number of likely N-dealkylation sites (tertiary alicyclic amines) is 1. The fourth-order valence-corrected chi connectivity index (χ4v) is 5.02. The van der Waals surface area contributed by atoms with Crippen molar-refractivity contribution >= 4 is 23.1 Å². The molecule has 1 fully saturated rings. The lowest BCUT2D eigenvalue weighted by atomic mass is 9.73. The number of aromatic nitrogens is 4. The van der Waals surface area contributed by atoms with Gasteiger partial charge < -0.3 is 10.2 Å². The number of pyridine rings is 2. The average Bonchev–Trinajstić information content (AvgIpc) is 3.51. The van der Waals surface area contributed by atoms with Crippen molar-refractivity contribution < 1.29 is 9.59 Å². The Morgan fingerprint density at radius 1 is 1.13 bits per heavy atom. The average molecular weight is 410 g/mol. The molecule has 2 amide bonds. The van der Waals surface area contributed by atoms with Gasteiger partial charge in [-0.15, -0.1) is 0 Å². The van der Waals surface area contributed by atoms with Gasteiger partial charge in [-0.05, 0) is 41.8 Å². The van der Waals surface area contributed by atoms with Crippen LogP contribution in [0.3, 0.4) is 0 Å². The molecule has 8 heteroatoms. The fraction of sp³-hybridized carbons (Fsp3) is 0.174. The molecular weight excluding hydrogens is 392 g/mol. The van der Waals surface area contributed by atoms with E-state index in [1.165, 1.54) is 6.33 Å². The van der Waals surface area contributed by atoms with Crippen molar-refractivity contribution in [2.24, 2.45) is 0 Å². The number of anilines is 1. The number of fused-ring (bicyclic) bond motifs is 3. The van der Waals surface area contributed by atoms with Crippen LogP contribution in [0.5, 0.6) is 0 Å². The largest absolute Gasteiger partial charge is 0.330 e. The van der Waals surface area contributed by atoms with Crippen LogP contribution in [0.1, 0.15) is 33.9 Å². The summed E-state index contributed by atoms with van der Waals surface area (Å²) in [5.74, 6) is -0.232. The van der Waals surface area contributed by atoms with Gasteiger partial charge in [0.05, 0.1) is 11.6 Å². The zero-order chi connectivity index (χ0) is 21.0. The maximum atomic E-state index is 13.7. The zero-order valence-corrected chi connectivity index (χ0v) is 16.5. The topological polar surface area (TPSA) is 92.5 Å². The molecule has 0 aliphatic carbocycles. The van der Waals surface area contributed by atoms with Crippen molar-refractivity contribution in [2.45, 2.75) is 17.9 Å². The second-order valence-electron chi connectivity index (χ2n) is 7.89. The number of carbonyl (C=O) groups is 2. The molecule has 31 heavy (non-hydrogen) atoms. The van der Waals surface area contributed by atoms with E-state index in [2.05, 4.69) is 20.4 Å². The van der Waals surface area contributed by atoms with Gasteiger partial charge in [0, 0.05) is 30.8 Å². The maximum Gasteiger partial charge on any atom is 0.255 e. The Balaban J connectivity index is 1.50. The molecule has 152 valence electrons. The quantitative estimate of drug-likeness (QED) is 0.548. The van der Waals surface area contributed by atoms with Gasteiger partial charge >= 0.3 is 0 Å². The van der Waals surface area contributed by atoms with Crippen molar-refractivity contribution in [1.29, 1.82) is 0 Å². The van der Waals surface area contributed by atoms with Crippen LogP contribution >= 0.6 is 0 Å². The van der Waals surface area contributed by atoms with E-state index in [4.69, 9.17) is 0 Å². The van der Waals surface area contributed by atoms with Crippen LogP contribution < -0.4 is 5.32 Å². The molecule has 0 bridgehead atoms.